The first-order chi connectivity index (χ1) is 9.28. The molecule has 19 heavy (non-hydrogen) atoms. The van der Waals surface area contributed by atoms with Crippen molar-refractivity contribution in [2.75, 3.05) is 20.3 Å². The zero-order valence-electron chi connectivity index (χ0n) is 11.7. The summed E-state index contributed by atoms with van der Waals surface area (Å²) in [7, 11) is 3.67. The van der Waals surface area contributed by atoms with Crippen LogP contribution in [0, 0.1) is 0 Å². The maximum atomic E-state index is 5.00. The van der Waals surface area contributed by atoms with Gasteiger partial charge in [-0.2, -0.15) is 5.10 Å². The first kappa shape index (κ1) is 13.8. The van der Waals surface area contributed by atoms with E-state index in [0.717, 1.165) is 32.7 Å². The molecular formula is C14H22N4O. The summed E-state index contributed by atoms with van der Waals surface area (Å²) in [5.41, 5.74) is 2.58. The summed E-state index contributed by atoms with van der Waals surface area (Å²) >= 11 is 0. The lowest BCUT2D eigenvalue weighted by molar-refractivity contribution is 0.199. The van der Waals surface area contributed by atoms with Gasteiger partial charge in [0.25, 0.3) is 0 Å². The molecule has 0 amide bonds. The minimum atomic E-state index is 0.752. The highest BCUT2D eigenvalue weighted by atomic mass is 16.5. The van der Waals surface area contributed by atoms with E-state index in [-0.39, 0.29) is 0 Å². The highest BCUT2D eigenvalue weighted by Crippen LogP contribution is 2.04. The van der Waals surface area contributed by atoms with Gasteiger partial charge in [0.2, 0.25) is 0 Å². The maximum absolute atomic E-state index is 5.00. The predicted molar refractivity (Wildman–Crippen MR) is 74.9 cm³/mol. The molecular weight excluding hydrogens is 240 g/mol. The molecule has 2 heterocycles. The van der Waals surface area contributed by atoms with E-state index in [1.54, 1.807) is 7.11 Å². The summed E-state index contributed by atoms with van der Waals surface area (Å²) in [6.45, 7) is 3.52. The minimum Gasteiger partial charge on any atom is -0.383 e. The Balaban J connectivity index is 1.74. The first-order valence-corrected chi connectivity index (χ1v) is 6.60. The van der Waals surface area contributed by atoms with Crippen molar-refractivity contribution in [3.05, 3.63) is 42.0 Å². The van der Waals surface area contributed by atoms with Gasteiger partial charge in [-0.25, -0.2) is 0 Å². The van der Waals surface area contributed by atoms with Crippen molar-refractivity contribution < 1.29 is 4.74 Å². The zero-order valence-corrected chi connectivity index (χ0v) is 11.7. The van der Waals surface area contributed by atoms with Gasteiger partial charge in [-0.15, -0.1) is 0 Å². The summed E-state index contributed by atoms with van der Waals surface area (Å²) in [5, 5.41) is 7.52. The fourth-order valence-electron chi connectivity index (χ4n) is 2.00. The highest BCUT2D eigenvalue weighted by Gasteiger charge is 1.99. The Kier molecular flexibility index (Phi) is 5.18. The van der Waals surface area contributed by atoms with Gasteiger partial charge in [0, 0.05) is 52.4 Å². The average Bonchev–Trinajstić information content (AvgIpc) is 3.01. The molecule has 0 unspecified atom stereocenters. The minimum absolute atomic E-state index is 0.752. The fourth-order valence-corrected chi connectivity index (χ4v) is 2.00. The molecule has 2 aromatic heterocycles. The number of hydrogen-bond acceptors (Lipinski definition) is 3. The average molecular weight is 262 g/mol. The van der Waals surface area contributed by atoms with Crippen LogP contribution in [0.1, 0.15) is 11.1 Å². The molecule has 0 aromatic carbocycles. The van der Waals surface area contributed by atoms with Crippen LogP contribution in [0.5, 0.6) is 0 Å². The molecule has 0 radical (unpaired) electrons. The Morgan fingerprint density at radius 2 is 2.21 bits per heavy atom. The number of methoxy groups -OCH3 is 1. The second kappa shape index (κ2) is 7.11. The predicted octanol–water partition coefficient (Wildman–Crippen LogP) is 1.20. The van der Waals surface area contributed by atoms with Crippen LogP contribution >= 0.6 is 0 Å². The van der Waals surface area contributed by atoms with Crippen molar-refractivity contribution >= 4 is 0 Å². The van der Waals surface area contributed by atoms with Crippen molar-refractivity contribution in [1.82, 2.24) is 19.7 Å². The van der Waals surface area contributed by atoms with Crippen LogP contribution in [0.3, 0.4) is 0 Å². The summed E-state index contributed by atoms with van der Waals surface area (Å²) < 4.78 is 9.06. The molecule has 0 saturated heterocycles. The molecule has 0 saturated carbocycles. The van der Waals surface area contributed by atoms with E-state index in [9.17, 15) is 0 Å². The number of ether oxygens (including phenoxy) is 1. The lowest BCUT2D eigenvalue weighted by Gasteiger charge is -2.02. The van der Waals surface area contributed by atoms with Crippen molar-refractivity contribution in [2.24, 2.45) is 7.05 Å². The lowest BCUT2D eigenvalue weighted by atomic mass is 10.2. The van der Waals surface area contributed by atoms with Crippen molar-refractivity contribution in [2.45, 2.75) is 19.5 Å². The molecule has 1 N–H and O–H groups in total. The van der Waals surface area contributed by atoms with Gasteiger partial charge in [0.1, 0.15) is 0 Å². The van der Waals surface area contributed by atoms with Crippen LogP contribution in [0.25, 0.3) is 0 Å². The van der Waals surface area contributed by atoms with Crippen LogP contribution < -0.4 is 5.32 Å². The van der Waals surface area contributed by atoms with Crippen LogP contribution in [0.15, 0.2) is 30.9 Å². The quantitative estimate of drug-likeness (QED) is 0.727. The summed E-state index contributed by atoms with van der Waals surface area (Å²) in [6.07, 6.45) is 9.33. The third kappa shape index (κ3) is 4.54. The van der Waals surface area contributed by atoms with Gasteiger partial charge in [-0.1, -0.05) is 0 Å². The van der Waals surface area contributed by atoms with Crippen LogP contribution in [0.4, 0.5) is 0 Å². The topological polar surface area (TPSA) is 44.0 Å². The molecule has 2 rings (SSSR count). The number of aryl methyl sites for hydroxylation is 3. The molecule has 0 aliphatic heterocycles. The van der Waals surface area contributed by atoms with Gasteiger partial charge < -0.3 is 14.6 Å². The number of rotatable bonds is 8. The maximum Gasteiger partial charge on any atom is 0.0587 e. The van der Waals surface area contributed by atoms with E-state index >= 15 is 0 Å². The highest BCUT2D eigenvalue weighted by molar-refractivity contribution is 5.11. The molecule has 0 aliphatic carbocycles. The summed E-state index contributed by atoms with van der Waals surface area (Å²) in [6, 6.07) is 2.16. The molecule has 0 aliphatic rings. The summed E-state index contributed by atoms with van der Waals surface area (Å²) in [5.74, 6) is 0. The van der Waals surface area contributed by atoms with Gasteiger partial charge >= 0.3 is 0 Å². The van der Waals surface area contributed by atoms with Crippen LogP contribution in [0.2, 0.25) is 0 Å². The molecule has 0 bridgehead atoms. The molecule has 0 atom stereocenters. The number of hydrogen-bond donors (Lipinski definition) is 1. The summed E-state index contributed by atoms with van der Waals surface area (Å²) in [4.78, 5) is 0. The number of aromatic nitrogens is 3. The third-order valence-corrected chi connectivity index (χ3v) is 3.04. The molecule has 0 fully saturated rings. The molecule has 0 spiro atoms. The Bertz CT molecular complexity index is 489. The Morgan fingerprint density at radius 3 is 2.95 bits per heavy atom. The number of nitrogens with zero attached hydrogens (tertiary/aromatic N) is 3. The van der Waals surface area contributed by atoms with Gasteiger partial charge in [0.15, 0.2) is 0 Å². The second-order valence-electron chi connectivity index (χ2n) is 4.70. The second-order valence-corrected chi connectivity index (χ2v) is 4.70. The molecule has 5 heteroatoms. The van der Waals surface area contributed by atoms with Gasteiger partial charge in [-0.05, 0) is 23.6 Å². The van der Waals surface area contributed by atoms with Crippen molar-refractivity contribution in [3.8, 4) is 0 Å². The standard InChI is InChI=1S/C14H22N4O/c1-17-11-14(10-16-17)4-7-18-6-3-13(12-18)9-15-5-8-19-2/h3,6,10-12,15H,4-5,7-9H2,1-2H3. The van der Waals surface area contributed by atoms with E-state index in [1.807, 2.05) is 17.9 Å². The normalized spacial score (nSPS) is 11.1. The van der Waals surface area contributed by atoms with E-state index < -0.39 is 0 Å². The van der Waals surface area contributed by atoms with Crippen molar-refractivity contribution in [3.63, 3.8) is 0 Å². The Hall–Kier alpha value is -1.59. The Labute approximate surface area is 114 Å². The van der Waals surface area contributed by atoms with E-state index in [1.165, 1.54) is 11.1 Å². The van der Waals surface area contributed by atoms with Gasteiger partial charge in [0.05, 0.1) is 12.8 Å². The number of nitrogens with one attached hydrogen (secondary N) is 1. The van der Waals surface area contributed by atoms with Gasteiger partial charge in [-0.3, -0.25) is 4.68 Å². The molecule has 5 nitrogen and oxygen atoms in total. The largest absolute Gasteiger partial charge is 0.383 e. The fraction of sp³-hybridized carbons (Fsp3) is 0.500. The smallest absolute Gasteiger partial charge is 0.0587 e. The van der Waals surface area contributed by atoms with Crippen molar-refractivity contribution in [1.29, 1.82) is 0 Å². The zero-order chi connectivity index (χ0) is 13.5. The van der Waals surface area contributed by atoms with E-state index in [4.69, 9.17) is 4.74 Å². The monoisotopic (exact) mass is 262 g/mol. The first-order valence-electron chi connectivity index (χ1n) is 6.60. The van der Waals surface area contributed by atoms with E-state index in [0.29, 0.717) is 0 Å². The lowest BCUT2D eigenvalue weighted by Crippen LogP contribution is -2.18. The third-order valence-electron chi connectivity index (χ3n) is 3.04. The molecule has 104 valence electrons. The van der Waals surface area contributed by atoms with Crippen LogP contribution in [-0.4, -0.2) is 34.6 Å². The Morgan fingerprint density at radius 1 is 1.32 bits per heavy atom. The van der Waals surface area contributed by atoms with E-state index in [2.05, 4.69) is 39.6 Å². The SMILES string of the molecule is COCCNCc1ccn(CCc2cnn(C)c2)c1. The van der Waals surface area contributed by atoms with Crippen LogP contribution in [-0.2, 0) is 31.3 Å². The molecule has 2 aromatic rings.